The van der Waals surface area contributed by atoms with Crippen molar-refractivity contribution in [1.82, 2.24) is 4.90 Å². The zero-order valence-electron chi connectivity index (χ0n) is 10.9. The molecule has 0 heterocycles. The summed E-state index contributed by atoms with van der Waals surface area (Å²) in [5.74, 6) is 4.19. The molecule has 20 heavy (non-hydrogen) atoms. The van der Waals surface area contributed by atoms with Gasteiger partial charge in [-0.2, -0.15) is 0 Å². The van der Waals surface area contributed by atoms with Gasteiger partial charge < -0.3 is 10.3 Å². The van der Waals surface area contributed by atoms with E-state index in [1.54, 1.807) is 7.05 Å². The fraction of sp³-hybridized carbons (Fsp3) is 0.417. The first-order valence-electron chi connectivity index (χ1n) is 6.14. The van der Waals surface area contributed by atoms with Gasteiger partial charge in [-0.05, 0) is 24.8 Å². The number of carbonyl (C=O) groups excluding carboxylic acids is 1. The van der Waals surface area contributed by atoms with Gasteiger partial charge in [-0.3, -0.25) is 20.8 Å². The van der Waals surface area contributed by atoms with Crippen LogP contribution in [-0.2, 0) is 0 Å². The Morgan fingerprint density at radius 1 is 1.60 bits per heavy atom. The Morgan fingerprint density at radius 3 is 2.75 bits per heavy atom. The summed E-state index contributed by atoms with van der Waals surface area (Å²) in [6.45, 7) is 0.540. The highest BCUT2D eigenvalue weighted by molar-refractivity contribution is 5.99. The number of hydrogen-bond acceptors (Lipinski definition) is 5. The molecule has 7 nitrogen and oxygen atoms in total. The van der Waals surface area contributed by atoms with Gasteiger partial charge in [-0.1, -0.05) is 0 Å². The molecule has 3 N–H and O–H groups in total. The van der Waals surface area contributed by atoms with Crippen molar-refractivity contribution in [2.24, 2.45) is 11.8 Å². The van der Waals surface area contributed by atoms with Crippen molar-refractivity contribution in [3.63, 3.8) is 0 Å². The van der Waals surface area contributed by atoms with Gasteiger partial charge in [-0.15, -0.1) is 0 Å². The van der Waals surface area contributed by atoms with Gasteiger partial charge in [0.25, 0.3) is 11.6 Å². The van der Waals surface area contributed by atoms with Gasteiger partial charge in [0.15, 0.2) is 5.82 Å². The third kappa shape index (κ3) is 2.85. The van der Waals surface area contributed by atoms with Crippen LogP contribution in [0.15, 0.2) is 12.1 Å². The van der Waals surface area contributed by atoms with Crippen molar-refractivity contribution in [3.8, 4) is 0 Å². The van der Waals surface area contributed by atoms with Gasteiger partial charge in [0.05, 0.1) is 16.7 Å². The molecular formula is C12H15FN4O3. The van der Waals surface area contributed by atoms with E-state index in [0.717, 1.165) is 18.9 Å². The fourth-order valence-electron chi connectivity index (χ4n) is 1.97. The Bertz CT molecular complexity index is 560. The molecule has 0 aliphatic heterocycles. The highest BCUT2D eigenvalue weighted by atomic mass is 19.1. The zero-order chi connectivity index (χ0) is 14.9. The molecule has 1 amide bonds. The zero-order valence-corrected chi connectivity index (χ0v) is 10.9. The monoisotopic (exact) mass is 282 g/mol. The van der Waals surface area contributed by atoms with Crippen LogP contribution in [0.4, 0.5) is 15.8 Å². The molecule has 0 bridgehead atoms. The molecule has 0 spiro atoms. The summed E-state index contributed by atoms with van der Waals surface area (Å²) in [6, 6.07) is 1.77. The largest absolute Gasteiger partial charge is 0.341 e. The van der Waals surface area contributed by atoms with Crippen molar-refractivity contribution in [1.29, 1.82) is 0 Å². The lowest BCUT2D eigenvalue weighted by Gasteiger charge is -2.17. The maximum atomic E-state index is 13.5. The summed E-state index contributed by atoms with van der Waals surface area (Å²) in [7, 11) is 1.57. The fourth-order valence-corrected chi connectivity index (χ4v) is 1.97. The number of nitrogens with one attached hydrogen (secondary N) is 1. The number of rotatable bonds is 5. The van der Waals surface area contributed by atoms with Crippen molar-refractivity contribution >= 4 is 17.3 Å². The van der Waals surface area contributed by atoms with Crippen LogP contribution in [-0.4, -0.2) is 29.3 Å². The van der Waals surface area contributed by atoms with E-state index in [9.17, 15) is 19.3 Å². The number of hydrogen-bond donors (Lipinski definition) is 2. The van der Waals surface area contributed by atoms with Crippen LogP contribution in [0.2, 0.25) is 0 Å². The molecule has 1 aromatic carbocycles. The number of nitrogens with zero attached hydrogens (tertiary/aromatic N) is 2. The smallest absolute Gasteiger partial charge is 0.285 e. The Kier molecular flexibility index (Phi) is 3.84. The van der Waals surface area contributed by atoms with Gasteiger partial charge in [0.1, 0.15) is 5.56 Å². The predicted molar refractivity (Wildman–Crippen MR) is 70.5 cm³/mol. The summed E-state index contributed by atoms with van der Waals surface area (Å²) in [5, 5.41) is 11.0. The molecule has 1 aliphatic carbocycles. The average Bonchev–Trinajstić information content (AvgIpc) is 3.21. The van der Waals surface area contributed by atoms with E-state index in [2.05, 4.69) is 5.43 Å². The molecule has 1 aliphatic rings. The number of halogens is 1. The van der Waals surface area contributed by atoms with Crippen LogP contribution in [0.5, 0.6) is 0 Å². The topological polar surface area (TPSA) is 102 Å². The van der Waals surface area contributed by atoms with E-state index in [1.165, 1.54) is 4.90 Å². The molecule has 108 valence electrons. The lowest BCUT2D eigenvalue weighted by Crippen LogP contribution is -2.29. The summed E-state index contributed by atoms with van der Waals surface area (Å²) >= 11 is 0. The van der Waals surface area contributed by atoms with Crippen LogP contribution in [0.1, 0.15) is 23.2 Å². The average molecular weight is 282 g/mol. The summed E-state index contributed by atoms with van der Waals surface area (Å²) in [4.78, 5) is 23.8. The van der Waals surface area contributed by atoms with E-state index >= 15 is 0 Å². The van der Waals surface area contributed by atoms with Crippen LogP contribution in [0, 0.1) is 21.8 Å². The normalized spacial score (nSPS) is 13.9. The number of nitro groups is 1. The van der Waals surface area contributed by atoms with Crippen LogP contribution < -0.4 is 11.3 Å². The summed E-state index contributed by atoms with van der Waals surface area (Å²) in [5.41, 5.74) is 1.19. The number of nitrogen functional groups attached to an aromatic ring is 1. The number of carbonyl (C=O) groups is 1. The number of benzene rings is 1. The molecule has 0 atom stereocenters. The Balaban J connectivity index is 2.36. The molecule has 0 unspecified atom stereocenters. The molecule has 1 saturated carbocycles. The summed E-state index contributed by atoms with van der Waals surface area (Å²) in [6.07, 6.45) is 2.11. The Hall–Kier alpha value is -2.22. The molecule has 1 fully saturated rings. The predicted octanol–water partition coefficient (Wildman–Crippen LogP) is 1.50. The number of anilines is 1. The quantitative estimate of drug-likeness (QED) is 0.484. The summed E-state index contributed by atoms with van der Waals surface area (Å²) < 4.78 is 13.5. The molecular weight excluding hydrogens is 267 g/mol. The Morgan fingerprint density at radius 2 is 2.25 bits per heavy atom. The number of nitro benzene ring substituents is 1. The highest BCUT2D eigenvalue weighted by Crippen LogP contribution is 2.31. The minimum atomic E-state index is -0.874. The van der Waals surface area contributed by atoms with E-state index in [1.807, 2.05) is 0 Å². The standard InChI is InChI=1S/C12H15FN4O3/c1-16(6-7-2-3-7)12(18)8-4-10(15-14)9(13)5-11(8)17(19)20/h4-5,7,15H,2-3,6,14H2,1H3. The lowest BCUT2D eigenvalue weighted by molar-refractivity contribution is -0.385. The second-order valence-electron chi connectivity index (χ2n) is 4.88. The minimum Gasteiger partial charge on any atom is -0.341 e. The molecule has 8 heteroatoms. The lowest BCUT2D eigenvalue weighted by atomic mass is 10.1. The van der Waals surface area contributed by atoms with Crippen molar-refractivity contribution in [2.45, 2.75) is 12.8 Å². The molecule has 0 aromatic heterocycles. The van der Waals surface area contributed by atoms with E-state index in [-0.39, 0.29) is 11.3 Å². The first-order valence-corrected chi connectivity index (χ1v) is 6.14. The minimum absolute atomic E-state index is 0.154. The first-order chi connectivity index (χ1) is 9.43. The second-order valence-corrected chi connectivity index (χ2v) is 4.88. The number of nitrogens with two attached hydrogens (primary N) is 1. The Labute approximate surface area is 114 Å². The van der Waals surface area contributed by atoms with Gasteiger partial charge in [0.2, 0.25) is 0 Å². The highest BCUT2D eigenvalue weighted by Gasteiger charge is 2.29. The van der Waals surface area contributed by atoms with Gasteiger partial charge >= 0.3 is 0 Å². The molecule has 1 aromatic rings. The van der Waals surface area contributed by atoms with E-state index in [0.29, 0.717) is 18.5 Å². The second kappa shape index (κ2) is 5.41. The molecule has 0 radical (unpaired) electrons. The van der Waals surface area contributed by atoms with Crippen LogP contribution in [0.25, 0.3) is 0 Å². The molecule has 2 rings (SSSR count). The number of hydrazine groups is 1. The molecule has 0 saturated heterocycles. The van der Waals surface area contributed by atoms with E-state index < -0.39 is 22.3 Å². The SMILES string of the molecule is CN(CC1CC1)C(=O)c1cc(NN)c(F)cc1[N+](=O)[O-]. The van der Waals surface area contributed by atoms with Gasteiger partial charge in [-0.25, -0.2) is 4.39 Å². The number of amides is 1. The maximum Gasteiger partial charge on any atom is 0.285 e. The van der Waals surface area contributed by atoms with Crippen molar-refractivity contribution < 1.29 is 14.1 Å². The third-order valence-corrected chi connectivity index (χ3v) is 3.24. The van der Waals surface area contributed by atoms with Gasteiger partial charge in [0, 0.05) is 13.6 Å². The van der Waals surface area contributed by atoms with E-state index in [4.69, 9.17) is 5.84 Å². The van der Waals surface area contributed by atoms with Crippen LogP contribution >= 0.6 is 0 Å². The maximum absolute atomic E-state index is 13.5. The third-order valence-electron chi connectivity index (χ3n) is 3.24. The van der Waals surface area contributed by atoms with Crippen molar-refractivity contribution in [3.05, 3.63) is 33.6 Å². The van der Waals surface area contributed by atoms with Crippen molar-refractivity contribution in [2.75, 3.05) is 19.0 Å². The first kappa shape index (κ1) is 14.2. The van der Waals surface area contributed by atoms with Crippen LogP contribution in [0.3, 0.4) is 0 Å².